The number of ether oxygens (including phenoxy) is 2. The number of hydrogen-bond donors (Lipinski definition) is 0. The van der Waals surface area contributed by atoms with Crippen molar-refractivity contribution >= 4 is 40.3 Å². The molecule has 0 spiro atoms. The molecule has 3 aromatic carbocycles. The first kappa shape index (κ1) is 28.8. The molecule has 5 rings (SSSR count). The van der Waals surface area contributed by atoms with Crippen LogP contribution < -0.4 is 0 Å². The Balaban J connectivity index is 1.30. The Bertz CT molecular complexity index is 1580. The number of morpholine rings is 1. The van der Waals surface area contributed by atoms with Gasteiger partial charge < -0.3 is 18.9 Å². The molecule has 212 valence electrons. The third kappa shape index (κ3) is 6.62. The Morgan fingerprint density at radius 3 is 2.54 bits per heavy atom. The van der Waals surface area contributed by atoms with Gasteiger partial charge in [0.25, 0.3) is 5.91 Å². The third-order valence-corrected chi connectivity index (χ3v) is 7.78. The fourth-order valence-electron chi connectivity index (χ4n) is 5.24. The third-order valence-electron chi connectivity index (χ3n) is 7.55. The topological polar surface area (TPSA) is 60.8 Å². The molecular weight excluding hydrogens is 536 g/mol. The van der Waals surface area contributed by atoms with Crippen molar-refractivity contribution in [1.82, 2.24) is 9.47 Å². The summed E-state index contributed by atoms with van der Waals surface area (Å²) in [4.78, 5) is 28.0. The Morgan fingerprint density at radius 2 is 1.78 bits per heavy atom. The van der Waals surface area contributed by atoms with Gasteiger partial charge in [0, 0.05) is 46.8 Å². The number of rotatable bonds is 9. The molecular formula is C34H35ClN2O4. The van der Waals surface area contributed by atoms with Crippen LogP contribution in [0.3, 0.4) is 0 Å². The van der Waals surface area contributed by atoms with Crippen LogP contribution in [0.2, 0.25) is 5.02 Å². The first-order valence-electron chi connectivity index (χ1n) is 13.9. The zero-order chi connectivity index (χ0) is 28.9. The number of benzene rings is 3. The van der Waals surface area contributed by atoms with E-state index in [9.17, 15) is 9.59 Å². The number of carbonyl (C=O) groups is 2. The second-order valence-corrected chi connectivity index (χ2v) is 10.9. The molecule has 1 atom stereocenters. The van der Waals surface area contributed by atoms with E-state index in [1.807, 2.05) is 74.5 Å². The minimum Gasteiger partial charge on any atom is -0.378 e. The minimum atomic E-state index is -0.511. The lowest BCUT2D eigenvalue weighted by Gasteiger charge is -2.29. The maximum absolute atomic E-state index is 13.6. The van der Waals surface area contributed by atoms with E-state index >= 15 is 0 Å². The fourth-order valence-corrected chi connectivity index (χ4v) is 5.41. The van der Waals surface area contributed by atoms with Gasteiger partial charge in [-0.15, -0.1) is 0 Å². The number of fused-ring (bicyclic) bond motifs is 1. The van der Waals surface area contributed by atoms with Crippen LogP contribution in [0.1, 0.15) is 45.2 Å². The number of ketones is 1. The van der Waals surface area contributed by atoms with Crippen LogP contribution >= 0.6 is 11.6 Å². The summed E-state index contributed by atoms with van der Waals surface area (Å²) >= 11 is 6.35. The van der Waals surface area contributed by atoms with Gasteiger partial charge in [-0.25, -0.2) is 0 Å². The van der Waals surface area contributed by atoms with Crippen molar-refractivity contribution in [3.8, 4) is 0 Å². The Kier molecular flexibility index (Phi) is 9.03. The number of hydrogen-bond acceptors (Lipinski definition) is 4. The number of aromatic nitrogens is 1. The zero-order valence-corrected chi connectivity index (χ0v) is 24.5. The average Bonchev–Trinajstić information content (AvgIpc) is 3.26. The minimum absolute atomic E-state index is 0.000172. The molecule has 1 fully saturated rings. The van der Waals surface area contributed by atoms with Crippen LogP contribution in [0.25, 0.3) is 17.0 Å². The number of aryl methyl sites for hydroxylation is 1. The summed E-state index contributed by atoms with van der Waals surface area (Å²) < 4.78 is 13.4. The van der Waals surface area contributed by atoms with Gasteiger partial charge in [-0.3, -0.25) is 9.59 Å². The van der Waals surface area contributed by atoms with Crippen molar-refractivity contribution in [2.45, 2.75) is 40.0 Å². The number of nitrogens with zero attached hydrogens (tertiary/aromatic N) is 2. The molecule has 0 aliphatic carbocycles. The first-order chi connectivity index (χ1) is 19.8. The van der Waals surface area contributed by atoms with Crippen molar-refractivity contribution in [3.63, 3.8) is 0 Å². The number of halogens is 1. The van der Waals surface area contributed by atoms with Crippen LogP contribution in [0.15, 0.2) is 72.8 Å². The number of amides is 1. The second kappa shape index (κ2) is 12.9. The lowest BCUT2D eigenvalue weighted by molar-refractivity contribution is -0.147. The highest BCUT2D eigenvalue weighted by molar-refractivity contribution is 6.31. The van der Waals surface area contributed by atoms with Crippen LogP contribution in [-0.4, -0.2) is 53.6 Å². The predicted molar refractivity (Wildman–Crippen MR) is 163 cm³/mol. The first-order valence-corrected chi connectivity index (χ1v) is 14.3. The maximum atomic E-state index is 13.6. The predicted octanol–water partition coefficient (Wildman–Crippen LogP) is 6.62. The SMILES string of the molecule is Cc1ccc(C(=O)c2c(C)n(CC=Cc3cccc(CO[C@H](C)C(=O)N4CCOCC4)c3)c3ccc(Cl)cc23)cc1. The monoisotopic (exact) mass is 570 g/mol. The van der Waals surface area contributed by atoms with E-state index in [2.05, 4.69) is 22.8 Å². The maximum Gasteiger partial charge on any atom is 0.251 e. The van der Waals surface area contributed by atoms with Crippen LogP contribution in [-0.2, 0) is 27.4 Å². The highest BCUT2D eigenvalue weighted by Gasteiger charge is 2.23. The Labute approximate surface area is 246 Å². The molecule has 1 aromatic heterocycles. The number of allylic oxidation sites excluding steroid dienone is 1. The Morgan fingerprint density at radius 1 is 1.02 bits per heavy atom. The quantitative estimate of drug-likeness (QED) is 0.212. The highest BCUT2D eigenvalue weighted by Crippen LogP contribution is 2.31. The van der Waals surface area contributed by atoms with Crippen LogP contribution in [0, 0.1) is 13.8 Å². The van der Waals surface area contributed by atoms with Gasteiger partial charge in [0.05, 0.1) is 25.4 Å². The van der Waals surface area contributed by atoms with E-state index in [0.717, 1.165) is 33.3 Å². The average molecular weight is 571 g/mol. The van der Waals surface area contributed by atoms with E-state index in [-0.39, 0.29) is 11.7 Å². The second-order valence-electron chi connectivity index (χ2n) is 10.5. The normalized spacial score (nSPS) is 14.6. The largest absolute Gasteiger partial charge is 0.378 e. The number of carbonyl (C=O) groups excluding carboxylic acids is 2. The van der Waals surface area contributed by atoms with E-state index < -0.39 is 6.10 Å². The van der Waals surface area contributed by atoms with E-state index in [1.165, 1.54) is 0 Å². The molecule has 1 aliphatic heterocycles. The van der Waals surface area contributed by atoms with Gasteiger partial charge in [-0.2, -0.15) is 0 Å². The van der Waals surface area contributed by atoms with E-state index in [4.69, 9.17) is 21.1 Å². The lowest BCUT2D eigenvalue weighted by Crippen LogP contribution is -2.45. The molecule has 1 saturated heterocycles. The molecule has 7 heteroatoms. The molecule has 1 amide bonds. The van der Waals surface area contributed by atoms with Gasteiger partial charge in [-0.05, 0) is 56.2 Å². The van der Waals surface area contributed by atoms with Gasteiger partial charge in [0.2, 0.25) is 0 Å². The molecule has 0 radical (unpaired) electrons. The molecule has 6 nitrogen and oxygen atoms in total. The summed E-state index contributed by atoms with van der Waals surface area (Å²) in [6, 6.07) is 21.5. The van der Waals surface area contributed by atoms with Crippen LogP contribution in [0.5, 0.6) is 0 Å². The highest BCUT2D eigenvalue weighted by atomic mass is 35.5. The van der Waals surface area contributed by atoms with Crippen molar-refractivity contribution in [2.24, 2.45) is 0 Å². The zero-order valence-electron chi connectivity index (χ0n) is 23.7. The smallest absolute Gasteiger partial charge is 0.251 e. The van der Waals surface area contributed by atoms with Gasteiger partial charge in [-0.1, -0.05) is 71.8 Å². The summed E-state index contributed by atoms with van der Waals surface area (Å²) in [5.74, 6) is -0.00767. The van der Waals surface area contributed by atoms with Crippen molar-refractivity contribution in [2.75, 3.05) is 26.3 Å². The summed E-state index contributed by atoms with van der Waals surface area (Å²) in [5, 5.41) is 1.46. The summed E-state index contributed by atoms with van der Waals surface area (Å²) in [7, 11) is 0. The van der Waals surface area contributed by atoms with Gasteiger partial charge in [0.1, 0.15) is 6.10 Å². The van der Waals surface area contributed by atoms with Crippen molar-refractivity contribution < 1.29 is 19.1 Å². The summed E-state index contributed by atoms with van der Waals surface area (Å²) in [6.45, 7) is 9.11. The summed E-state index contributed by atoms with van der Waals surface area (Å²) in [6.07, 6.45) is 3.64. The van der Waals surface area contributed by atoms with Crippen LogP contribution in [0.4, 0.5) is 0 Å². The molecule has 4 aromatic rings. The van der Waals surface area contributed by atoms with Gasteiger partial charge >= 0.3 is 0 Å². The standard InChI is InChI=1S/C34H35ClN2O4/c1-23-9-11-28(12-10-23)33(38)32-24(2)37(31-14-13-29(35)21-30(31)32)15-5-8-26-6-4-7-27(20-26)22-41-25(3)34(39)36-16-18-40-19-17-36/h4-14,20-21,25H,15-19,22H2,1-3H3/t25-/m1/s1. The van der Waals surface area contributed by atoms with Crippen molar-refractivity contribution in [3.05, 3.63) is 111 Å². The molecule has 0 saturated carbocycles. The van der Waals surface area contributed by atoms with E-state index in [1.54, 1.807) is 11.8 Å². The fraction of sp³-hybridized carbons (Fsp3) is 0.294. The molecule has 0 bridgehead atoms. The molecule has 1 aliphatic rings. The summed E-state index contributed by atoms with van der Waals surface area (Å²) in [5.41, 5.74) is 6.35. The lowest BCUT2D eigenvalue weighted by atomic mass is 10.00. The van der Waals surface area contributed by atoms with E-state index in [0.29, 0.717) is 55.6 Å². The Hall–Kier alpha value is -3.71. The van der Waals surface area contributed by atoms with Crippen molar-refractivity contribution in [1.29, 1.82) is 0 Å². The van der Waals surface area contributed by atoms with Gasteiger partial charge in [0.15, 0.2) is 5.78 Å². The molecule has 41 heavy (non-hydrogen) atoms. The molecule has 0 N–H and O–H groups in total. The molecule has 2 heterocycles. The molecule has 0 unspecified atom stereocenters.